The van der Waals surface area contributed by atoms with Gasteiger partial charge in [-0.25, -0.2) is 4.79 Å². The van der Waals surface area contributed by atoms with E-state index in [4.69, 9.17) is 10.00 Å². The molecule has 9 heteroatoms. The topological polar surface area (TPSA) is 80.1 Å². The standard InChI is InChI=1S/C24H22F3N3O3/c25-24(26,27)19-11-17(10-7-15(19)12-28)30-22(31)18-3-1-2-4-20(18)29(23(30)32)16-8-5-14(6-9-16)21-13-33-21/h5-11,18,20-22,31H,1-4,13H2/t18?,20-,21+,22?/m0/s1. The highest BCUT2D eigenvalue weighted by Crippen LogP contribution is 2.43. The number of aliphatic hydroxyl groups is 1. The minimum Gasteiger partial charge on any atom is -0.373 e. The maximum Gasteiger partial charge on any atom is 0.417 e. The van der Waals surface area contributed by atoms with Crippen molar-refractivity contribution in [2.45, 2.75) is 50.2 Å². The summed E-state index contributed by atoms with van der Waals surface area (Å²) in [4.78, 5) is 16.3. The van der Waals surface area contributed by atoms with E-state index in [1.807, 2.05) is 24.3 Å². The Bertz CT molecular complexity index is 1110. The van der Waals surface area contributed by atoms with Crippen molar-refractivity contribution in [1.29, 1.82) is 5.26 Å². The highest BCUT2D eigenvalue weighted by molar-refractivity contribution is 6.05. The van der Waals surface area contributed by atoms with Crippen molar-refractivity contribution in [3.05, 3.63) is 59.2 Å². The van der Waals surface area contributed by atoms with Crippen molar-refractivity contribution < 1.29 is 27.8 Å². The van der Waals surface area contributed by atoms with Gasteiger partial charge in [-0.1, -0.05) is 25.0 Å². The minimum absolute atomic E-state index is 0.0660. The van der Waals surface area contributed by atoms with Crippen LogP contribution in [-0.2, 0) is 10.9 Å². The molecule has 6 nitrogen and oxygen atoms in total. The average molecular weight is 457 g/mol. The van der Waals surface area contributed by atoms with Crippen LogP contribution < -0.4 is 9.80 Å². The second-order valence-electron chi connectivity index (χ2n) is 8.70. The van der Waals surface area contributed by atoms with Crippen LogP contribution in [-0.4, -0.2) is 30.0 Å². The number of amides is 2. The lowest BCUT2D eigenvalue weighted by atomic mass is 9.80. The molecule has 172 valence electrons. The first-order chi connectivity index (χ1) is 15.8. The molecule has 1 saturated carbocycles. The summed E-state index contributed by atoms with van der Waals surface area (Å²) in [7, 11) is 0. The summed E-state index contributed by atoms with van der Waals surface area (Å²) in [6.45, 7) is 0.660. The number of rotatable bonds is 3. The van der Waals surface area contributed by atoms with E-state index in [1.54, 1.807) is 11.0 Å². The van der Waals surface area contributed by atoms with Gasteiger partial charge < -0.3 is 9.84 Å². The molecular formula is C24H22F3N3O3. The molecule has 2 aromatic carbocycles. The van der Waals surface area contributed by atoms with Gasteiger partial charge in [0.1, 0.15) is 12.3 Å². The summed E-state index contributed by atoms with van der Waals surface area (Å²) < 4.78 is 46.0. The molecule has 5 rings (SSSR count). The lowest BCUT2D eigenvalue weighted by Crippen LogP contribution is -2.65. The molecule has 3 aliphatic rings. The monoisotopic (exact) mass is 457 g/mol. The van der Waals surface area contributed by atoms with Crippen molar-refractivity contribution in [1.82, 2.24) is 0 Å². The van der Waals surface area contributed by atoms with Crippen molar-refractivity contribution in [3.8, 4) is 6.07 Å². The predicted octanol–water partition coefficient (Wildman–Crippen LogP) is 4.97. The molecule has 1 aliphatic carbocycles. The highest BCUT2D eigenvalue weighted by Gasteiger charge is 2.48. The predicted molar refractivity (Wildman–Crippen MR) is 113 cm³/mol. The van der Waals surface area contributed by atoms with Crippen LogP contribution in [0.3, 0.4) is 0 Å². The Morgan fingerprint density at radius 3 is 2.33 bits per heavy atom. The Balaban J connectivity index is 1.56. The van der Waals surface area contributed by atoms with Crippen molar-refractivity contribution >= 4 is 17.4 Å². The van der Waals surface area contributed by atoms with Crippen LogP contribution in [0.5, 0.6) is 0 Å². The van der Waals surface area contributed by atoms with Gasteiger partial charge in [-0.15, -0.1) is 0 Å². The van der Waals surface area contributed by atoms with E-state index in [0.717, 1.165) is 35.4 Å². The second kappa shape index (κ2) is 8.04. The number of alkyl halides is 3. The van der Waals surface area contributed by atoms with Gasteiger partial charge in [0, 0.05) is 23.3 Å². The zero-order chi connectivity index (χ0) is 23.3. The normalized spacial score (nSPS) is 27.2. The molecule has 2 amide bonds. The van der Waals surface area contributed by atoms with E-state index in [1.165, 1.54) is 6.07 Å². The summed E-state index contributed by atoms with van der Waals surface area (Å²) in [6.07, 6.45) is -2.83. The summed E-state index contributed by atoms with van der Waals surface area (Å²) in [5.41, 5.74) is -0.120. The molecule has 2 aromatic rings. The Hall–Kier alpha value is -3.09. The van der Waals surface area contributed by atoms with Crippen LogP contribution in [0.15, 0.2) is 42.5 Å². The number of aliphatic hydroxyl groups excluding tert-OH is 1. The third kappa shape index (κ3) is 3.83. The van der Waals surface area contributed by atoms with Crippen LogP contribution in [0.1, 0.15) is 48.5 Å². The van der Waals surface area contributed by atoms with E-state index < -0.39 is 29.6 Å². The molecule has 0 bridgehead atoms. The van der Waals surface area contributed by atoms with Gasteiger partial charge in [0.05, 0.1) is 23.8 Å². The van der Waals surface area contributed by atoms with Crippen LogP contribution in [0.2, 0.25) is 0 Å². The van der Waals surface area contributed by atoms with Gasteiger partial charge in [-0.2, -0.15) is 18.4 Å². The summed E-state index contributed by atoms with van der Waals surface area (Å²) in [5, 5.41) is 20.2. The molecule has 0 radical (unpaired) electrons. The number of epoxide rings is 1. The van der Waals surface area contributed by atoms with Crippen LogP contribution in [0.25, 0.3) is 0 Å². The fraction of sp³-hybridized carbons (Fsp3) is 0.417. The first-order valence-corrected chi connectivity index (χ1v) is 10.9. The Labute approximate surface area is 188 Å². The minimum atomic E-state index is -4.77. The zero-order valence-corrected chi connectivity index (χ0v) is 17.6. The first kappa shape index (κ1) is 21.7. The van der Waals surface area contributed by atoms with Crippen molar-refractivity contribution in [2.24, 2.45) is 5.92 Å². The number of carbonyl (C=O) groups is 1. The summed E-state index contributed by atoms with van der Waals surface area (Å²) in [5.74, 6) is -0.312. The third-order valence-corrected chi connectivity index (χ3v) is 6.76. The Morgan fingerprint density at radius 1 is 1.03 bits per heavy atom. The molecule has 4 atom stereocenters. The highest BCUT2D eigenvalue weighted by atomic mass is 19.4. The van der Waals surface area contributed by atoms with Crippen LogP contribution in [0, 0.1) is 17.2 Å². The van der Waals surface area contributed by atoms with E-state index in [2.05, 4.69) is 0 Å². The number of ether oxygens (including phenoxy) is 1. The molecule has 2 saturated heterocycles. The molecule has 1 N–H and O–H groups in total. The lowest BCUT2D eigenvalue weighted by Gasteiger charge is -2.51. The summed E-state index contributed by atoms with van der Waals surface area (Å²) in [6, 6.07) is 11.2. The first-order valence-electron chi connectivity index (χ1n) is 10.9. The van der Waals surface area contributed by atoms with Gasteiger partial charge >= 0.3 is 12.2 Å². The number of carbonyl (C=O) groups excluding carboxylic acids is 1. The number of fused-ring (bicyclic) bond motifs is 1. The van der Waals surface area contributed by atoms with Gasteiger partial charge in [-0.3, -0.25) is 9.80 Å². The molecule has 0 spiro atoms. The zero-order valence-electron chi connectivity index (χ0n) is 17.6. The largest absolute Gasteiger partial charge is 0.417 e. The molecule has 0 aromatic heterocycles. The van der Waals surface area contributed by atoms with E-state index in [9.17, 15) is 23.1 Å². The number of urea groups is 1. The molecule has 3 fully saturated rings. The Morgan fingerprint density at radius 2 is 1.70 bits per heavy atom. The summed E-state index contributed by atoms with van der Waals surface area (Å²) >= 11 is 0. The van der Waals surface area contributed by atoms with Gasteiger partial charge in [0.15, 0.2) is 0 Å². The number of anilines is 2. The number of nitriles is 1. The van der Waals surface area contributed by atoms with Gasteiger partial charge in [-0.05, 0) is 48.7 Å². The lowest BCUT2D eigenvalue weighted by molar-refractivity contribution is -0.137. The van der Waals surface area contributed by atoms with Crippen LogP contribution >= 0.6 is 0 Å². The van der Waals surface area contributed by atoms with E-state index in [0.29, 0.717) is 25.1 Å². The quantitative estimate of drug-likeness (QED) is 0.660. The van der Waals surface area contributed by atoms with E-state index in [-0.39, 0.29) is 23.8 Å². The number of halogens is 3. The maximum absolute atomic E-state index is 13.7. The number of nitrogens with zero attached hydrogens (tertiary/aromatic N) is 3. The smallest absolute Gasteiger partial charge is 0.373 e. The van der Waals surface area contributed by atoms with Gasteiger partial charge in [0.25, 0.3) is 0 Å². The molecule has 33 heavy (non-hydrogen) atoms. The average Bonchev–Trinajstić information content (AvgIpc) is 3.65. The molecule has 2 aliphatic heterocycles. The van der Waals surface area contributed by atoms with Crippen LogP contribution in [0.4, 0.5) is 29.3 Å². The van der Waals surface area contributed by atoms with Gasteiger partial charge in [0.2, 0.25) is 0 Å². The third-order valence-electron chi connectivity index (χ3n) is 6.76. The number of hydrogen-bond acceptors (Lipinski definition) is 4. The molecular weight excluding hydrogens is 435 g/mol. The van der Waals surface area contributed by atoms with E-state index >= 15 is 0 Å². The second-order valence-corrected chi connectivity index (χ2v) is 8.70. The Kier molecular flexibility index (Phi) is 5.30. The maximum atomic E-state index is 13.7. The van der Waals surface area contributed by atoms with Crippen molar-refractivity contribution in [3.63, 3.8) is 0 Å². The number of hydrogen-bond donors (Lipinski definition) is 1. The molecule has 2 heterocycles. The number of benzene rings is 2. The SMILES string of the molecule is N#Cc1ccc(N2C(=O)N(c3ccc([C@H]4CO4)cc3)[C@H]3CCCCC3C2O)cc1C(F)(F)F. The fourth-order valence-electron chi connectivity index (χ4n) is 5.04. The fourth-order valence-corrected chi connectivity index (χ4v) is 5.04. The molecule has 2 unspecified atom stereocenters. The van der Waals surface area contributed by atoms with Crippen molar-refractivity contribution in [2.75, 3.05) is 16.4 Å².